The van der Waals surface area contributed by atoms with Crippen molar-refractivity contribution in [3.8, 4) is 17.2 Å². The van der Waals surface area contributed by atoms with E-state index in [1.165, 1.54) is 0 Å². The number of anilines is 1. The van der Waals surface area contributed by atoms with Crippen molar-refractivity contribution in [1.29, 1.82) is 0 Å². The standard InChI is InChI=1S/C19H18ClN3O3/c1-11-6-4-9-16(12(11)2)25-13(3)17(24)21-19-22-18(26-23-19)14-7-5-8-15(20)10-14/h4-10,13H,1-3H3,(H,21,23,24)/t13-/m1/s1. The van der Waals surface area contributed by atoms with E-state index >= 15 is 0 Å². The molecule has 0 aliphatic carbocycles. The van der Waals surface area contributed by atoms with Crippen molar-refractivity contribution in [2.24, 2.45) is 0 Å². The summed E-state index contributed by atoms with van der Waals surface area (Å²) in [5, 5.41) is 6.91. The molecular formula is C19H18ClN3O3. The number of hydrogen-bond donors (Lipinski definition) is 1. The predicted molar refractivity (Wildman–Crippen MR) is 99.4 cm³/mol. The molecule has 3 rings (SSSR count). The summed E-state index contributed by atoms with van der Waals surface area (Å²) in [6, 6.07) is 12.7. The number of amides is 1. The van der Waals surface area contributed by atoms with Crippen molar-refractivity contribution >= 4 is 23.5 Å². The third-order valence-corrected chi connectivity index (χ3v) is 4.20. The van der Waals surface area contributed by atoms with Crippen molar-refractivity contribution in [2.75, 3.05) is 5.32 Å². The van der Waals surface area contributed by atoms with Crippen LogP contribution in [0.15, 0.2) is 47.0 Å². The molecule has 3 aromatic rings. The fourth-order valence-corrected chi connectivity index (χ4v) is 2.51. The molecule has 7 heteroatoms. The first-order valence-electron chi connectivity index (χ1n) is 8.07. The molecule has 0 aliphatic heterocycles. The minimum Gasteiger partial charge on any atom is -0.481 e. The van der Waals surface area contributed by atoms with Gasteiger partial charge in [-0.3, -0.25) is 10.1 Å². The number of hydrogen-bond acceptors (Lipinski definition) is 5. The highest BCUT2D eigenvalue weighted by atomic mass is 35.5. The number of nitrogens with zero attached hydrogens (tertiary/aromatic N) is 2. The number of rotatable bonds is 5. The predicted octanol–water partition coefficient (Wildman–Crippen LogP) is 4.41. The van der Waals surface area contributed by atoms with Gasteiger partial charge in [0, 0.05) is 10.6 Å². The summed E-state index contributed by atoms with van der Waals surface area (Å²) in [6.45, 7) is 5.60. The second kappa shape index (κ2) is 7.58. The quantitative estimate of drug-likeness (QED) is 0.718. The Morgan fingerprint density at radius 1 is 1.23 bits per heavy atom. The molecular weight excluding hydrogens is 354 g/mol. The maximum Gasteiger partial charge on any atom is 0.270 e. The lowest BCUT2D eigenvalue weighted by atomic mass is 10.1. The molecule has 6 nitrogen and oxygen atoms in total. The Kier molecular flexibility index (Phi) is 5.23. The highest BCUT2D eigenvalue weighted by molar-refractivity contribution is 6.30. The SMILES string of the molecule is Cc1cccc(O[C@H](C)C(=O)Nc2noc(-c3cccc(Cl)c3)n2)c1C. The molecule has 1 amide bonds. The Balaban J connectivity index is 1.67. The summed E-state index contributed by atoms with van der Waals surface area (Å²) in [7, 11) is 0. The minimum absolute atomic E-state index is 0.0707. The minimum atomic E-state index is -0.719. The van der Waals surface area contributed by atoms with Crippen LogP contribution >= 0.6 is 11.6 Å². The number of halogens is 1. The summed E-state index contributed by atoms with van der Waals surface area (Å²) in [5.41, 5.74) is 2.76. The maximum absolute atomic E-state index is 12.3. The van der Waals surface area contributed by atoms with Crippen LogP contribution in [0.25, 0.3) is 11.5 Å². The van der Waals surface area contributed by atoms with Gasteiger partial charge in [-0.15, -0.1) is 0 Å². The molecule has 0 spiro atoms. The van der Waals surface area contributed by atoms with E-state index in [1.54, 1.807) is 31.2 Å². The summed E-state index contributed by atoms with van der Waals surface area (Å²) in [4.78, 5) is 16.5. The fraction of sp³-hybridized carbons (Fsp3) is 0.211. The molecule has 0 bridgehead atoms. The summed E-state index contributed by atoms with van der Waals surface area (Å²) in [5.74, 6) is 0.636. The van der Waals surface area contributed by atoms with E-state index in [2.05, 4.69) is 15.5 Å². The van der Waals surface area contributed by atoms with Gasteiger partial charge in [0.1, 0.15) is 5.75 Å². The van der Waals surface area contributed by atoms with Gasteiger partial charge in [-0.2, -0.15) is 4.98 Å². The Labute approximate surface area is 156 Å². The largest absolute Gasteiger partial charge is 0.481 e. The zero-order valence-corrected chi connectivity index (χ0v) is 15.4. The summed E-state index contributed by atoms with van der Waals surface area (Å²) >= 11 is 5.95. The zero-order chi connectivity index (χ0) is 18.7. The number of aromatic nitrogens is 2. The van der Waals surface area contributed by atoms with E-state index in [-0.39, 0.29) is 17.7 Å². The number of carbonyl (C=O) groups excluding carboxylic acids is 1. The molecule has 26 heavy (non-hydrogen) atoms. The lowest BCUT2D eigenvalue weighted by molar-refractivity contribution is -0.122. The third-order valence-electron chi connectivity index (χ3n) is 3.96. The average molecular weight is 372 g/mol. The van der Waals surface area contributed by atoms with Gasteiger partial charge in [0.2, 0.25) is 0 Å². The Morgan fingerprint density at radius 2 is 2.00 bits per heavy atom. The first-order chi connectivity index (χ1) is 12.4. The second-order valence-corrected chi connectivity index (χ2v) is 6.32. The lowest BCUT2D eigenvalue weighted by Crippen LogP contribution is -2.30. The van der Waals surface area contributed by atoms with Gasteiger partial charge in [0.05, 0.1) is 0 Å². The molecule has 0 fully saturated rings. The van der Waals surface area contributed by atoms with E-state index in [1.807, 2.05) is 32.0 Å². The Morgan fingerprint density at radius 3 is 2.77 bits per heavy atom. The van der Waals surface area contributed by atoms with Gasteiger partial charge in [-0.1, -0.05) is 29.8 Å². The molecule has 1 N–H and O–H groups in total. The summed E-state index contributed by atoms with van der Waals surface area (Å²) < 4.78 is 10.9. The van der Waals surface area contributed by atoms with E-state index < -0.39 is 6.10 Å². The van der Waals surface area contributed by atoms with Gasteiger partial charge in [-0.25, -0.2) is 0 Å². The van der Waals surface area contributed by atoms with Crippen molar-refractivity contribution in [1.82, 2.24) is 10.1 Å². The smallest absolute Gasteiger partial charge is 0.270 e. The molecule has 1 heterocycles. The van der Waals surface area contributed by atoms with Crippen LogP contribution in [0.5, 0.6) is 5.75 Å². The van der Waals surface area contributed by atoms with Crippen LogP contribution in [0.3, 0.4) is 0 Å². The van der Waals surface area contributed by atoms with Crippen molar-refractivity contribution in [2.45, 2.75) is 26.9 Å². The van der Waals surface area contributed by atoms with Gasteiger partial charge in [-0.05, 0) is 61.3 Å². The van der Waals surface area contributed by atoms with Gasteiger partial charge in [0.25, 0.3) is 17.7 Å². The molecule has 0 saturated heterocycles. The molecule has 134 valence electrons. The molecule has 1 atom stereocenters. The monoisotopic (exact) mass is 371 g/mol. The molecule has 1 aromatic heterocycles. The van der Waals surface area contributed by atoms with Gasteiger partial charge < -0.3 is 9.26 Å². The van der Waals surface area contributed by atoms with Crippen LogP contribution in [-0.2, 0) is 4.79 Å². The zero-order valence-electron chi connectivity index (χ0n) is 14.6. The molecule has 2 aromatic carbocycles. The number of nitrogens with one attached hydrogen (secondary N) is 1. The number of benzene rings is 2. The van der Waals surface area contributed by atoms with Gasteiger partial charge in [0.15, 0.2) is 6.10 Å². The highest BCUT2D eigenvalue weighted by Gasteiger charge is 2.19. The second-order valence-electron chi connectivity index (χ2n) is 5.88. The Hall–Kier alpha value is -2.86. The molecule has 0 unspecified atom stereocenters. The normalized spacial score (nSPS) is 11.8. The average Bonchev–Trinajstić information content (AvgIpc) is 3.07. The summed E-state index contributed by atoms with van der Waals surface area (Å²) in [6.07, 6.45) is -0.719. The maximum atomic E-state index is 12.3. The topological polar surface area (TPSA) is 77.2 Å². The fourth-order valence-electron chi connectivity index (χ4n) is 2.32. The highest BCUT2D eigenvalue weighted by Crippen LogP contribution is 2.23. The molecule has 0 radical (unpaired) electrons. The van der Waals surface area contributed by atoms with Gasteiger partial charge >= 0.3 is 0 Å². The van der Waals surface area contributed by atoms with Crippen molar-refractivity contribution in [3.05, 3.63) is 58.6 Å². The van der Waals surface area contributed by atoms with E-state index in [4.69, 9.17) is 20.9 Å². The Bertz CT molecular complexity index is 939. The third kappa shape index (κ3) is 4.03. The van der Waals surface area contributed by atoms with E-state index in [0.29, 0.717) is 16.3 Å². The van der Waals surface area contributed by atoms with Crippen LogP contribution in [-0.4, -0.2) is 22.2 Å². The van der Waals surface area contributed by atoms with E-state index in [9.17, 15) is 4.79 Å². The number of carbonyl (C=O) groups is 1. The van der Waals surface area contributed by atoms with Crippen LogP contribution in [0.2, 0.25) is 5.02 Å². The van der Waals surface area contributed by atoms with Crippen LogP contribution in [0, 0.1) is 13.8 Å². The van der Waals surface area contributed by atoms with Crippen LogP contribution < -0.4 is 10.1 Å². The van der Waals surface area contributed by atoms with Crippen molar-refractivity contribution in [3.63, 3.8) is 0 Å². The van der Waals surface area contributed by atoms with Crippen molar-refractivity contribution < 1.29 is 14.1 Å². The van der Waals surface area contributed by atoms with Crippen LogP contribution in [0.1, 0.15) is 18.1 Å². The molecule has 0 saturated carbocycles. The first-order valence-corrected chi connectivity index (χ1v) is 8.45. The molecule has 0 aliphatic rings. The number of ether oxygens (including phenoxy) is 1. The van der Waals surface area contributed by atoms with Crippen LogP contribution in [0.4, 0.5) is 5.95 Å². The van der Waals surface area contributed by atoms with E-state index in [0.717, 1.165) is 11.1 Å². The lowest BCUT2D eigenvalue weighted by Gasteiger charge is -2.16. The number of aryl methyl sites for hydroxylation is 1. The first kappa shape index (κ1) is 17.9.